The molecule has 2 rings (SSSR count). The van der Waals surface area contributed by atoms with E-state index >= 15 is 0 Å². The predicted molar refractivity (Wildman–Crippen MR) is 70.6 cm³/mol. The minimum Gasteiger partial charge on any atom is -0.338 e. The highest BCUT2D eigenvalue weighted by molar-refractivity contribution is 7.91. The van der Waals surface area contributed by atoms with Gasteiger partial charge in [-0.2, -0.15) is 0 Å². The first-order chi connectivity index (χ1) is 7.99. The highest BCUT2D eigenvalue weighted by Crippen LogP contribution is 2.18. The molecule has 7 heteroatoms. The predicted octanol–water partition coefficient (Wildman–Crippen LogP) is 0.762. The number of carbonyl (C=O) groups excluding carboxylic acids is 1. The first-order valence-corrected chi connectivity index (χ1v) is 7.19. The molecule has 0 aromatic carbocycles. The summed E-state index contributed by atoms with van der Waals surface area (Å²) in [6.07, 6.45) is 3.60. The van der Waals surface area contributed by atoms with Gasteiger partial charge in [0.2, 0.25) is 0 Å². The van der Waals surface area contributed by atoms with Crippen molar-refractivity contribution in [1.29, 1.82) is 0 Å². The Bertz CT molecular complexity index is 518. The van der Waals surface area contributed by atoms with Crippen molar-refractivity contribution in [3.05, 3.63) is 30.1 Å². The second-order valence-electron chi connectivity index (χ2n) is 4.21. The van der Waals surface area contributed by atoms with E-state index in [1.54, 1.807) is 25.4 Å². The van der Waals surface area contributed by atoms with Crippen molar-refractivity contribution in [3.8, 4) is 0 Å². The van der Waals surface area contributed by atoms with Crippen LogP contribution in [0.4, 0.5) is 0 Å². The summed E-state index contributed by atoms with van der Waals surface area (Å²) in [6.45, 7) is 0. The lowest BCUT2D eigenvalue weighted by Gasteiger charge is -2.23. The van der Waals surface area contributed by atoms with Gasteiger partial charge in [0, 0.05) is 25.5 Å². The number of nitrogens with zero attached hydrogens (tertiary/aromatic N) is 2. The van der Waals surface area contributed by atoms with Crippen LogP contribution in [0.2, 0.25) is 0 Å². The van der Waals surface area contributed by atoms with Crippen LogP contribution >= 0.6 is 12.4 Å². The zero-order valence-corrected chi connectivity index (χ0v) is 11.6. The molecule has 1 fully saturated rings. The fourth-order valence-electron chi connectivity index (χ4n) is 1.94. The normalized spacial score (nSPS) is 21.1. The number of rotatable bonds is 2. The van der Waals surface area contributed by atoms with Crippen molar-refractivity contribution in [2.45, 2.75) is 12.5 Å². The van der Waals surface area contributed by atoms with E-state index in [9.17, 15) is 13.2 Å². The molecule has 1 unspecified atom stereocenters. The standard InChI is InChI=1S/C11H14N2O3S.ClH/c1-13(10-4-6-17(15,16)8-10)11(14)9-3-2-5-12-7-9;/h2-3,5,7,10H,4,6,8H2,1H3;1H. The summed E-state index contributed by atoms with van der Waals surface area (Å²) < 4.78 is 22.7. The van der Waals surface area contributed by atoms with E-state index in [-0.39, 0.29) is 35.9 Å². The summed E-state index contributed by atoms with van der Waals surface area (Å²) in [4.78, 5) is 17.4. The summed E-state index contributed by atoms with van der Waals surface area (Å²) in [5.74, 6) is 0.0536. The molecule has 18 heavy (non-hydrogen) atoms. The third kappa shape index (κ3) is 3.20. The van der Waals surface area contributed by atoms with E-state index < -0.39 is 9.84 Å². The SMILES string of the molecule is CN(C(=O)c1cccnc1)C1CCS(=O)(=O)C1.Cl. The van der Waals surface area contributed by atoms with E-state index in [4.69, 9.17) is 0 Å². The summed E-state index contributed by atoms with van der Waals surface area (Å²) in [6, 6.07) is 3.15. The van der Waals surface area contributed by atoms with Gasteiger partial charge >= 0.3 is 0 Å². The van der Waals surface area contributed by atoms with Gasteiger partial charge in [0.05, 0.1) is 17.1 Å². The van der Waals surface area contributed by atoms with Crippen molar-refractivity contribution in [3.63, 3.8) is 0 Å². The second kappa shape index (κ2) is 5.67. The van der Waals surface area contributed by atoms with E-state index in [2.05, 4.69) is 4.98 Å². The summed E-state index contributed by atoms with van der Waals surface area (Å²) in [5.41, 5.74) is 0.485. The minimum atomic E-state index is -2.97. The van der Waals surface area contributed by atoms with Crippen molar-refractivity contribution >= 4 is 28.2 Å². The number of carbonyl (C=O) groups is 1. The van der Waals surface area contributed by atoms with Crippen LogP contribution in [0.15, 0.2) is 24.5 Å². The molecule has 1 aromatic heterocycles. The highest BCUT2D eigenvalue weighted by Gasteiger charge is 2.32. The number of sulfone groups is 1. The van der Waals surface area contributed by atoms with Gasteiger partial charge in [0.15, 0.2) is 9.84 Å². The number of aromatic nitrogens is 1. The fraction of sp³-hybridized carbons (Fsp3) is 0.455. The van der Waals surface area contributed by atoms with Crippen LogP contribution in [-0.4, -0.2) is 48.8 Å². The largest absolute Gasteiger partial charge is 0.338 e. The molecule has 0 spiro atoms. The van der Waals surface area contributed by atoms with Crippen LogP contribution in [0.3, 0.4) is 0 Å². The third-order valence-electron chi connectivity index (χ3n) is 2.98. The van der Waals surface area contributed by atoms with E-state index in [1.165, 1.54) is 11.1 Å². The Morgan fingerprint density at radius 1 is 1.50 bits per heavy atom. The highest BCUT2D eigenvalue weighted by atomic mass is 35.5. The van der Waals surface area contributed by atoms with Gasteiger partial charge in [-0.1, -0.05) is 0 Å². The number of pyridine rings is 1. The maximum absolute atomic E-state index is 12.0. The molecule has 1 aliphatic rings. The zero-order valence-electron chi connectivity index (χ0n) is 9.94. The van der Waals surface area contributed by atoms with E-state index in [1.807, 2.05) is 0 Å². The Morgan fingerprint density at radius 2 is 2.22 bits per heavy atom. The van der Waals surface area contributed by atoms with Gasteiger partial charge in [-0.15, -0.1) is 12.4 Å². The van der Waals surface area contributed by atoms with Crippen LogP contribution in [0.1, 0.15) is 16.8 Å². The minimum absolute atomic E-state index is 0. The van der Waals surface area contributed by atoms with Gasteiger partial charge in [-0.25, -0.2) is 8.42 Å². The van der Waals surface area contributed by atoms with Gasteiger partial charge in [-0.3, -0.25) is 9.78 Å². The molecular formula is C11H15ClN2O3S. The number of halogens is 1. The lowest BCUT2D eigenvalue weighted by molar-refractivity contribution is 0.0747. The van der Waals surface area contributed by atoms with Gasteiger partial charge in [-0.05, 0) is 18.6 Å². The maximum atomic E-state index is 12.0. The van der Waals surface area contributed by atoms with Crippen LogP contribution in [0.25, 0.3) is 0 Å². The molecule has 0 aliphatic carbocycles. The van der Waals surface area contributed by atoms with Crippen LogP contribution in [-0.2, 0) is 9.84 Å². The molecule has 1 aliphatic heterocycles. The monoisotopic (exact) mass is 290 g/mol. The van der Waals surface area contributed by atoms with Crippen molar-refractivity contribution < 1.29 is 13.2 Å². The van der Waals surface area contributed by atoms with Crippen LogP contribution in [0, 0.1) is 0 Å². The van der Waals surface area contributed by atoms with Gasteiger partial charge in [0.25, 0.3) is 5.91 Å². The van der Waals surface area contributed by atoms with E-state index in [0.29, 0.717) is 12.0 Å². The molecule has 2 heterocycles. The lowest BCUT2D eigenvalue weighted by atomic mass is 10.2. The molecule has 1 saturated heterocycles. The molecule has 0 bridgehead atoms. The topological polar surface area (TPSA) is 67.3 Å². The summed E-state index contributed by atoms with van der Waals surface area (Å²) >= 11 is 0. The lowest BCUT2D eigenvalue weighted by Crippen LogP contribution is -2.37. The smallest absolute Gasteiger partial charge is 0.255 e. The van der Waals surface area contributed by atoms with Crippen molar-refractivity contribution in [1.82, 2.24) is 9.88 Å². The zero-order chi connectivity index (χ0) is 12.5. The average Bonchev–Trinajstić information content (AvgIpc) is 2.69. The quantitative estimate of drug-likeness (QED) is 0.806. The van der Waals surface area contributed by atoms with Gasteiger partial charge in [0.1, 0.15) is 0 Å². The van der Waals surface area contributed by atoms with E-state index in [0.717, 1.165) is 0 Å². The first-order valence-electron chi connectivity index (χ1n) is 5.37. The van der Waals surface area contributed by atoms with Crippen molar-refractivity contribution in [2.24, 2.45) is 0 Å². The summed E-state index contributed by atoms with van der Waals surface area (Å²) in [7, 11) is -1.33. The Morgan fingerprint density at radius 3 is 2.72 bits per heavy atom. The van der Waals surface area contributed by atoms with Crippen molar-refractivity contribution in [2.75, 3.05) is 18.6 Å². The van der Waals surface area contributed by atoms with Crippen LogP contribution < -0.4 is 0 Å². The fourth-order valence-corrected chi connectivity index (χ4v) is 3.71. The molecule has 100 valence electrons. The third-order valence-corrected chi connectivity index (χ3v) is 4.74. The Labute approximate surface area is 113 Å². The molecule has 5 nitrogen and oxygen atoms in total. The number of hydrogen-bond acceptors (Lipinski definition) is 4. The molecular weight excluding hydrogens is 276 g/mol. The molecule has 1 amide bonds. The number of amides is 1. The van der Waals surface area contributed by atoms with Crippen LogP contribution in [0.5, 0.6) is 0 Å². The Kier molecular flexibility index (Phi) is 4.70. The molecule has 0 saturated carbocycles. The molecule has 1 atom stereocenters. The number of hydrogen-bond donors (Lipinski definition) is 0. The molecule has 1 aromatic rings. The average molecular weight is 291 g/mol. The summed E-state index contributed by atoms with van der Waals surface area (Å²) in [5, 5.41) is 0. The molecule has 0 radical (unpaired) electrons. The molecule has 0 N–H and O–H groups in total. The maximum Gasteiger partial charge on any atom is 0.255 e. The Balaban J connectivity index is 0.00000162. The Hall–Kier alpha value is -1.14. The van der Waals surface area contributed by atoms with Gasteiger partial charge < -0.3 is 4.90 Å². The first kappa shape index (κ1) is 14.9. The second-order valence-corrected chi connectivity index (χ2v) is 6.44.